The topological polar surface area (TPSA) is 59.3 Å². The van der Waals surface area contributed by atoms with E-state index in [0.29, 0.717) is 18.6 Å². The van der Waals surface area contributed by atoms with Crippen molar-refractivity contribution in [3.63, 3.8) is 0 Å². The van der Waals surface area contributed by atoms with Crippen molar-refractivity contribution in [1.82, 2.24) is 9.78 Å². The highest BCUT2D eigenvalue weighted by atomic mass is 16.5. The molecule has 21 heavy (non-hydrogen) atoms. The summed E-state index contributed by atoms with van der Waals surface area (Å²) in [6.45, 7) is 0.316. The number of rotatable bonds is 4. The van der Waals surface area contributed by atoms with E-state index >= 15 is 0 Å². The molecule has 114 valence electrons. The smallest absolute Gasteiger partial charge is 0.144 e. The first kappa shape index (κ1) is 14.2. The normalized spacial score (nSPS) is 22.4. The van der Waals surface area contributed by atoms with Gasteiger partial charge in [-0.25, -0.2) is 0 Å². The predicted octanol–water partition coefficient (Wildman–Crippen LogP) is 2.81. The number of nitrogens with one attached hydrogen (secondary N) is 1. The van der Waals surface area contributed by atoms with Gasteiger partial charge in [-0.05, 0) is 37.7 Å². The largest absolute Gasteiger partial charge is 0.495 e. The fourth-order valence-corrected chi connectivity index (χ4v) is 3.21. The van der Waals surface area contributed by atoms with Crippen LogP contribution in [0.5, 0.6) is 5.75 Å². The molecule has 5 nitrogen and oxygen atoms in total. The second kappa shape index (κ2) is 5.93. The third-order valence-corrected chi connectivity index (χ3v) is 4.56. The molecule has 0 unspecified atom stereocenters. The molecular weight excluding hydrogens is 266 g/mol. The molecule has 1 aliphatic rings. The zero-order chi connectivity index (χ0) is 14.8. The third kappa shape index (κ3) is 2.70. The van der Waals surface area contributed by atoms with Crippen molar-refractivity contribution >= 4 is 16.6 Å². The monoisotopic (exact) mass is 289 g/mol. The van der Waals surface area contributed by atoms with E-state index < -0.39 is 0 Å². The number of benzene rings is 1. The number of methoxy groups -OCH3 is 1. The number of hydrogen-bond donors (Lipinski definition) is 2. The van der Waals surface area contributed by atoms with Crippen LogP contribution in [0.4, 0.5) is 5.69 Å². The minimum absolute atomic E-state index is 0.316. The average molecular weight is 289 g/mol. The molecule has 1 saturated carbocycles. The zero-order valence-corrected chi connectivity index (χ0v) is 12.7. The molecule has 1 fully saturated rings. The molecule has 0 bridgehead atoms. The minimum Gasteiger partial charge on any atom is -0.495 e. The van der Waals surface area contributed by atoms with E-state index in [2.05, 4.69) is 22.3 Å². The van der Waals surface area contributed by atoms with E-state index in [0.717, 1.165) is 48.0 Å². The van der Waals surface area contributed by atoms with Gasteiger partial charge in [0.05, 0.1) is 24.4 Å². The van der Waals surface area contributed by atoms with Crippen LogP contribution in [0.2, 0.25) is 0 Å². The number of hydrogen-bond acceptors (Lipinski definition) is 4. The third-order valence-electron chi connectivity index (χ3n) is 4.56. The van der Waals surface area contributed by atoms with Gasteiger partial charge in [0.25, 0.3) is 0 Å². The molecule has 1 heterocycles. The van der Waals surface area contributed by atoms with Gasteiger partial charge < -0.3 is 15.2 Å². The summed E-state index contributed by atoms with van der Waals surface area (Å²) in [6, 6.07) is 4.51. The van der Waals surface area contributed by atoms with Crippen LogP contribution in [0.1, 0.15) is 31.7 Å². The highest BCUT2D eigenvalue weighted by molar-refractivity contribution is 5.85. The molecule has 2 N–H and O–H groups in total. The second-order valence-corrected chi connectivity index (χ2v) is 5.83. The Morgan fingerprint density at radius 1 is 1.33 bits per heavy atom. The van der Waals surface area contributed by atoms with Crippen LogP contribution < -0.4 is 10.1 Å². The maximum atomic E-state index is 9.23. The summed E-state index contributed by atoms with van der Waals surface area (Å²) in [6.07, 6.45) is 6.48. The molecule has 0 atom stereocenters. The first-order chi connectivity index (χ1) is 10.2. The lowest BCUT2D eigenvalue weighted by Crippen LogP contribution is -2.20. The lowest BCUT2D eigenvalue weighted by atomic mass is 9.87. The number of anilines is 1. The van der Waals surface area contributed by atoms with Crippen molar-refractivity contribution in [3.05, 3.63) is 18.3 Å². The van der Waals surface area contributed by atoms with E-state index in [-0.39, 0.29) is 0 Å². The Balaban J connectivity index is 1.87. The summed E-state index contributed by atoms with van der Waals surface area (Å²) >= 11 is 0. The van der Waals surface area contributed by atoms with Gasteiger partial charge in [-0.1, -0.05) is 0 Å². The number of fused-ring (bicyclic) bond motifs is 1. The highest BCUT2D eigenvalue weighted by Gasteiger charge is 2.22. The van der Waals surface area contributed by atoms with E-state index in [1.54, 1.807) is 7.11 Å². The van der Waals surface area contributed by atoms with Crippen molar-refractivity contribution < 1.29 is 9.84 Å². The number of aliphatic hydroxyl groups excluding tert-OH is 1. The maximum absolute atomic E-state index is 9.23. The number of nitrogens with zero attached hydrogens (tertiary/aromatic N) is 2. The summed E-state index contributed by atoms with van der Waals surface area (Å²) in [7, 11) is 3.57. The summed E-state index contributed by atoms with van der Waals surface area (Å²) in [5, 5.41) is 18.2. The van der Waals surface area contributed by atoms with Crippen molar-refractivity contribution in [1.29, 1.82) is 0 Å². The van der Waals surface area contributed by atoms with Gasteiger partial charge in [0.1, 0.15) is 5.75 Å². The second-order valence-electron chi connectivity index (χ2n) is 5.83. The van der Waals surface area contributed by atoms with Crippen LogP contribution >= 0.6 is 0 Å². The van der Waals surface area contributed by atoms with Crippen LogP contribution in [0.15, 0.2) is 18.3 Å². The van der Waals surface area contributed by atoms with E-state index in [1.807, 2.05) is 13.1 Å². The number of aliphatic hydroxyl groups is 1. The van der Waals surface area contributed by atoms with Gasteiger partial charge in [0.15, 0.2) is 0 Å². The molecule has 1 aromatic heterocycles. The summed E-state index contributed by atoms with van der Waals surface area (Å²) in [5.41, 5.74) is 1.95. The Morgan fingerprint density at radius 3 is 2.71 bits per heavy atom. The molecule has 1 aromatic carbocycles. The Morgan fingerprint density at radius 2 is 2.10 bits per heavy atom. The molecule has 0 amide bonds. The molecule has 0 radical (unpaired) electrons. The van der Waals surface area contributed by atoms with Crippen molar-refractivity contribution in [2.24, 2.45) is 5.92 Å². The molecular formula is C16H23N3O2. The van der Waals surface area contributed by atoms with Crippen LogP contribution in [-0.2, 0) is 0 Å². The molecule has 5 heteroatoms. The number of aromatic nitrogens is 2. The quantitative estimate of drug-likeness (QED) is 0.908. The molecule has 0 saturated heterocycles. The SMILES string of the molecule is CNc1cc2cn([C@H]3CC[C@H](CO)CC3)nc2cc1OC. The van der Waals surface area contributed by atoms with Gasteiger partial charge in [-0.15, -0.1) is 0 Å². The fraction of sp³-hybridized carbons (Fsp3) is 0.562. The van der Waals surface area contributed by atoms with Crippen LogP contribution in [0.25, 0.3) is 10.9 Å². The van der Waals surface area contributed by atoms with E-state index in [1.165, 1.54) is 0 Å². The molecule has 1 aliphatic carbocycles. The first-order valence-electron chi connectivity index (χ1n) is 7.60. The number of ether oxygens (including phenoxy) is 1. The molecule has 0 spiro atoms. The lowest BCUT2D eigenvalue weighted by Gasteiger charge is -2.27. The summed E-state index contributed by atoms with van der Waals surface area (Å²) < 4.78 is 7.48. The lowest BCUT2D eigenvalue weighted by molar-refractivity contribution is 0.165. The van der Waals surface area contributed by atoms with Gasteiger partial charge in [-0.3, -0.25) is 4.68 Å². The Bertz CT molecular complexity index is 574. The van der Waals surface area contributed by atoms with Gasteiger partial charge in [-0.2, -0.15) is 5.10 Å². The fourth-order valence-electron chi connectivity index (χ4n) is 3.21. The van der Waals surface area contributed by atoms with Gasteiger partial charge in [0.2, 0.25) is 0 Å². The Hall–Kier alpha value is -1.75. The van der Waals surface area contributed by atoms with Gasteiger partial charge in [0, 0.05) is 31.3 Å². The summed E-state index contributed by atoms with van der Waals surface area (Å²) in [5.74, 6) is 1.29. The minimum atomic E-state index is 0.316. The summed E-state index contributed by atoms with van der Waals surface area (Å²) in [4.78, 5) is 0. The standard InChI is InChI=1S/C16H23N3O2/c1-17-15-7-12-9-19(18-14(12)8-16(15)21-2)13-5-3-11(10-20)4-6-13/h7-9,11,13,17,20H,3-6,10H2,1-2H3/t11-,13-. The zero-order valence-electron chi connectivity index (χ0n) is 12.7. The van der Waals surface area contributed by atoms with Crippen molar-refractivity contribution in [2.45, 2.75) is 31.7 Å². The molecule has 2 aromatic rings. The van der Waals surface area contributed by atoms with Crippen molar-refractivity contribution in [3.8, 4) is 5.75 Å². The predicted molar refractivity (Wildman–Crippen MR) is 83.9 cm³/mol. The first-order valence-corrected chi connectivity index (χ1v) is 7.60. The van der Waals surface area contributed by atoms with Crippen molar-refractivity contribution in [2.75, 3.05) is 26.1 Å². The van der Waals surface area contributed by atoms with E-state index in [9.17, 15) is 5.11 Å². The van der Waals surface area contributed by atoms with Crippen LogP contribution in [0.3, 0.4) is 0 Å². The Kier molecular flexibility index (Phi) is 4.01. The molecule has 0 aliphatic heterocycles. The Labute approximate surface area is 124 Å². The van der Waals surface area contributed by atoms with Crippen LogP contribution in [0, 0.1) is 5.92 Å². The van der Waals surface area contributed by atoms with Crippen LogP contribution in [-0.4, -0.2) is 35.7 Å². The van der Waals surface area contributed by atoms with Gasteiger partial charge >= 0.3 is 0 Å². The average Bonchev–Trinajstić information content (AvgIpc) is 2.96. The van der Waals surface area contributed by atoms with E-state index in [4.69, 9.17) is 9.84 Å². The molecule has 3 rings (SSSR count). The highest BCUT2D eigenvalue weighted by Crippen LogP contribution is 2.34. The maximum Gasteiger partial charge on any atom is 0.144 e.